The van der Waals surface area contributed by atoms with Gasteiger partial charge >= 0.3 is 0 Å². The zero-order chi connectivity index (χ0) is 25.3. The summed E-state index contributed by atoms with van der Waals surface area (Å²) >= 11 is 0. The molecule has 0 spiro atoms. The molecule has 0 amide bonds. The van der Waals surface area contributed by atoms with Crippen molar-refractivity contribution in [3.63, 3.8) is 0 Å². The highest BCUT2D eigenvalue weighted by molar-refractivity contribution is 6.03. The molecule has 180 valence electrons. The number of nitrogens with zero attached hydrogens (tertiary/aromatic N) is 3. The lowest BCUT2D eigenvalue weighted by molar-refractivity contribution is 0.249. The number of ether oxygens (including phenoxy) is 1. The van der Waals surface area contributed by atoms with E-state index >= 15 is 0 Å². The lowest BCUT2D eigenvalue weighted by Crippen LogP contribution is -2.19. The zero-order valence-corrected chi connectivity index (χ0v) is 21.9. The van der Waals surface area contributed by atoms with E-state index in [1.165, 1.54) is 0 Å². The molecular weight excluding hydrogens is 418 g/mol. The van der Waals surface area contributed by atoms with Gasteiger partial charge in [-0.15, -0.1) is 0 Å². The van der Waals surface area contributed by atoms with Gasteiger partial charge in [0.2, 0.25) is 0 Å². The second-order valence-corrected chi connectivity index (χ2v) is 9.92. The van der Waals surface area contributed by atoms with Crippen LogP contribution in [0.3, 0.4) is 0 Å². The number of pyridine rings is 1. The third-order valence-electron chi connectivity index (χ3n) is 6.34. The molecule has 2 rings (SSSR count). The first kappa shape index (κ1) is 27.1. The first-order chi connectivity index (χ1) is 16.1. The first-order valence-electron chi connectivity index (χ1n) is 12.2. The van der Waals surface area contributed by atoms with Gasteiger partial charge in [-0.25, -0.2) is 0 Å². The fourth-order valence-electron chi connectivity index (χ4n) is 3.57. The van der Waals surface area contributed by atoms with Crippen molar-refractivity contribution in [2.45, 2.75) is 74.1 Å². The van der Waals surface area contributed by atoms with Crippen LogP contribution in [0.5, 0.6) is 11.5 Å². The third kappa shape index (κ3) is 7.70. The summed E-state index contributed by atoms with van der Waals surface area (Å²) in [6.07, 6.45) is 7.66. The molecule has 4 heteroatoms. The van der Waals surface area contributed by atoms with E-state index in [2.05, 4.69) is 52.3 Å². The van der Waals surface area contributed by atoms with Crippen LogP contribution < -0.4 is 4.74 Å². The second kappa shape index (κ2) is 12.3. The standard InChI is InChI=1S/C30H39N3O/c1-9-11-12-28(32-20-24(10-2)18-30(7,8)21(3)4)27-14-13-25(19-31)17-29(27)34-26-15-22(5)33-23(6)16-26/h10,13-17,20-21H,2,9,11-12,18H2,1,3-8H3/b24-20+,32-28?. The molecule has 0 N–H and O–H groups in total. The van der Waals surface area contributed by atoms with Crippen LogP contribution in [0.2, 0.25) is 0 Å². The number of rotatable bonds is 11. The van der Waals surface area contributed by atoms with Gasteiger partial charge in [0.25, 0.3) is 0 Å². The molecule has 0 aliphatic carbocycles. The van der Waals surface area contributed by atoms with Crippen molar-refractivity contribution in [3.05, 3.63) is 77.3 Å². The molecule has 0 radical (unpaired) electrons. The predicted octanol–water partition coefficient (Wildman–Crippen LogP) is 8.48. The van der Waals surface area contributed by atoms with E-state index in [4.69, 9.17) is 9.73 Å². The van der Waals surface area contributed by atoms with E-state index < -0.39 is 0 Å². The Labute approximate surface area is 206 Å². The molecule has 0 aliphatic rings. The molecule has 1 aromatic heterocycles. The molecule has 0 fully saturated rings. The van der Waals surface area contributed by atoms with Gasteiger partial charge in [0.15, 0.2) is 0 Å². The Hall–Kier alpha value is -3.19. The summed E-state index contributed by atoms with van der Waals surface area (Å²) in [5.74, 6) is 1.89. The Morgan fingerprint density at radius 2 is 1.88 bits per heavy atom. The van der Waals surface area contributed by atoms with Crippen LogP contribution in [0.4, 0.5) is 0 Å². The van der Waals surface area contributed by atoms with Crippen molar-refractivity contribution in [1.82, 2.24) is 4.98 Å². The van der Waals surface area contributed by atoms with E-state index in [1.807, 2.05) is 50.4 Å². The topological polar surface area (TPSA) is 58.3 Å². The van der Waals surface area contributed by atoms with E-state index in [1.54, 1.807) is 6.07 Å². The fourth-order valence-corrected chi connectivity index (χ4v) is 3.57. The number of hydrogen-bond donors (Lipinski definition) is 0. The maximum atomic E-state index is 9.48. The smallest absolute Gasteiger partial charge is 0.137 e. The van der Waals surface area contributed by atoms with Gasteiger partial charge in [-0.2, -0.15) is 5.26 Å². The van der Waals surface area contributed by atoms with Gasteiger partial charge in [-0.1, -0.05) is 53.7 Å². The number of unbranched alkanes of at least 4 members (excludes halogenated alkanes) is 1. The maximum Gasteiger partial charge on any atom is 0.137 e. The summed E-state index contributed by atoms with van der Waals surface area (Å²) in [4.78, 5) is 9.38. The normalized spacial score (nSPS) is 12.6. The summed E-state index contributed by atoms with van der Waals surface area (Å²) in [6, 6.07) is 11.6. The van der Waals surface area contributed by atoms with Gasteiger partial charge in [0.1, 0.15) is 11.5 Å². The van der Waals surface area contributed by atoms with Crippen molar-refractivity contribution >= 4 is 5.71 Å². The molecule has 0 unspecified atom stereocenters. The van der Waals surface area contributed by atoms with Crippen LogP contribution in [0.15, 0.2) is 59.8 Å². The van der Waals surface area contributed by atoms with Crippen molar-refractivity contribution in [1.29, 1.82) is 5.26 Å². The minimum absolute atomic E-state index is 0.152. The molecule has 4 nitrogen and oxygen atoms in total. The quantitative estimate of drug-likeness (QED) is 0.251. The number of nitriles is 1. The number of allylic oxidation sites excluding steroid dienone is 2. The van der Waals surface area contributed by atoms with Crippen LogP contribution in [0, 0.1) is 36.5 Å². The Morgan fingerprint density at radius 1 is 1.21 bits per heavy atom. The lowest BCUT2D eigenvalue weighted by atomic mass is 9.76. The molecule has 0 bridgehead atoms. The third-order valence-corrected chi connectivity index (χ3v) is 6.34. The molecule has 2 aromatic rings. The molecule has 34 heavy (non-hydrogen) atoms. The molecule has 1 heterocycles. The predicted molar refractivity (Wildman–Crippen MR) is 143 cm³/mol. The number of aryl methyl sites for hydroxylation is 2. The van der Waals surface area contributed by atoms with E-state index in [-0.39, 0.29) is 5.41 Å². The van der Waals surface area contributed by atoms with Gasteiger partial charge in [0.05, 0.1) is 17.3 Å². The summed E-state index contributed by atoms with van der Waals surface area (Å²) in [7, 11) is 0. The second-order valence-electron chi connectivity index (χ2n) is 9.92. The Bertz CT molecular complexity index is 1080. The van der Waals surface area contributed by atoms with Gasteiger partial charge in [-0.3, -0.25) is 9.98 Å². The monoisotopic (exact) mass is 457 g/mol. The van der Waals surface area contributed by atoms with Crippen molar-refractivity contribution in [2.24, 2.45) is 16.3 Å². The molecule has 0 atom stereocenters. The number of aromatic nitrogens is 1. The Kier molecular flexibility index (Phi) is 9.81. The zero-order valence-electron chi connectivity index (χ0n) is 21.9. The average Bonchev–Trinajstić information content (AvgIpc) is 2.77. The van der Waals surface area contributed by atoms with Gasteiger partial charge < -0.3 is 4.74 Å². The van der Waals surface area contributed by atoms with Crippen LogP contribution >= 0.6 is 0 Å². The van der Waals surface area contributed by atoms with E-state index in [0.29, 0.717) is 23.0 Å². The molecular formula is C30H39N3O. The fraction of sp³-hybridized carbons (Fsp3) is 0.433. The maximum absolute atomic E-state index is 9.48. The molecule has 0 saturated carbocycles. The van der Waals surface area contributed by atoms with E-state index in [9.17, 15) is 5.26 Å². The largest absolute Gasteiger partial charge is 0.456 e. The van der Waals surface area contributed by atoms with Crippen molar-refractivity contribution in [3.8, 4) is 17.6 Å². The van der Waals surface area contributed by atoms with Gasteiger partial charge in [-0.05, 0) is 68.2 Å². The SMILES string of the molecule is C=C/C(=C\N=C(CCCC)c1ccc(C#N)cc1Oc1cc(C)nc(C)c1)CC(C)(C)C(C)C. The highest BCUT2D eigenvalue weighted by atomic mass is 16.5. The Balaban J connectivity index is 2.54. The number of hydrogen-bond acceptors (Lipinski definition) is 4. The van der Waals surface area contributed by atoms with E-state index in [0.717, 1.165) is 53.9 Å². The van der Waals surface area contributed by atoms with Crippen LogP contribution in [0.25, 0.3) is 0 Å². The molecule has 1 aromatic carbocycles. The van der Waals surface area contributed by atoms with Crippen molar-refractivity contribution < 1.29 is 4.74 Å². The Morgan fingerprint density at radius 3 is 2.44 bits per heavy atom. The first-order valence-corrected chi connectivity index (χ1v) is 12.2. The highest BCUT2D eigenvalue weighted by Crippen LogP contribution is 2.34. The van der Waals surface area contributed by atoms with Gasteiger partial charge in [0, 0.05) is 35.3 Å². The van der Waals surface area contributed by atoms with Crippen LogP contribution in [0.1, 0.15) is 82.8 Å². The minimum atomic E-state index is 0.152. The van der Waals surface area contributed by atoms with Crippen molar-refractivity contribution in [2.75, 3.05) is 0 Å². The summed E-state index contributed by atoms with van der Waals surface area (Å²) in [6.45, 7) is 19.1. The highest BCUT2D eigenvalue weighted by Gasteiger charge is 2.23. The summed E-state index contributed by atoms with van der Waals surface area (Å²) < 4.78 is 6.31. The minimum Gasteiger partial charge on any atom is -0.456 e. The summed E-state index contributed by atoms with van der Waals surface area (Å²) in [5.41, 5.74) is 5.45. The average molecular weight is 458 g/mol. The summed E-state index contributed by atoms with van der Waals surface area (Å²) in [5, 5.41) is 9.48. The van der Waals surface area contributed by atoms with Crippen LogP contribution in [-0.4, -0.2) is 10.7 Å². The molecule has 0 saturated heterocycles. The van der Waals surface area contributed by atoms with Crippen LogP contribution in [-0.2, 0) is 0 Å². The molecule has 0 aliphatic heterocycles. The lowest BCUT2D eigenvalue weighted by Gasteiger charge is -2.29. The number of aliphatic imine (C=N–C) groups is 1. The number of benzene rings is 1.